The second-order valence-electron chi connectivity index (χ2n) is 5.73. The molecule has 0 heterocycles. The molecule has 2 N–H and O–H groups in total. The zero-order chi connectivity index (χ0) is 14.3. The average Bonchev–Trinajstić information content (AvgIpc) is 2.36. The van der Waals surface area contributed by atoms with Crippen molar-refractivity contribution in [1.82, 2.24) is 15.5 Å². The van der Waals surface area contributed by atoms with Gasteiger partial charge in [0, 0.05) is 26.2 Å². The molecular formula is C14H29IN4O. The quantitative estimate of drug-likeness (QED) is 0.434. The third kappa shape index (κ3) is 7.91. The molecule has 118 valence electrons. The van der Waals surface area contributed by atoms with Gasteiger partial charge in [-0.25, -0.2) is 4.99 Å². The summed E-state index contributed by atoms with van der Waals surface area (Å²) in [6, 6.07) is 0.803. The summed E-state index contributed by atoms with van der Waals surface area (Å²) in [6.45, 7) is 4.35. The summed E-state index contributed by atoms with van der Waals surface area (Å²) in [5, 5.41) is 6.74. The summed E-state index contributed by atoms with van der Waals surface area (Å²) in [5.74, 6) is 0.783. The minimum atomic E-state index is 0. The lowest BCUT2D eigenvalue weighted by Crippen LogP contribution is -2.47. The largest absolute Gasteiger partial charge is 0.354 e. The summed E-state index contributed by atoms with van der Waals surface area (Å²) in [7, 11) is 3.50. The number of hydrogen-bond acceptors (Lipinski definition) is 2. The van der Waals surface area contributed by atoms with Gasteiger partial charge in [-0.2, -0.15) is 0 Å². The van der Waals surface area contributed by atoms with Crippen molar-refractivity contribution in [3.05, 3.63) is 0 Å². The SMILES string of the molecule is CC(C)NC(=NCC(=O)N(C)C)NC1CCCCC1.I. The molecule has 0 bridgehead atoms. The lowest BCUT2D eigenvalue weighted by molar-refractivity contribution is -0.127. The first-order valence-corrected chi connectivity index (χ1v) is 7.26. The van der Waals surface area contributed by atoms with Crippen molar-refractivity contribution in [3.8, 4) is 0 Å². The van der Waals surface area contributed by atoms with Crippen molar-refractivity contribution in [3.63, 3.8) is 0 Å². The van der Waals surface area contributed by atoms with Crippen molar-refractivity contribution >= 4 is 35.8 Å². The molecule has 0 aromatic carbocycles. The molecule has 0 spiro atoms. The van der Waals surface area contributed by atoms with E-state index in [1.165, 1.54) is 32.1 Å². The Labute approximate surface area is 140 Å². The second-order valence-corrected chi connectivity index (χ2v) is 5.73. The first-order valence-electron chi connectivity index (χ1n) is 7.26. The standard InChI is InChI=1S/C14H28N4O.HI/c1-11(2)16-14(15-10-13(19)18(3)4)17-12-8-6-5-7-9-12;/h11-12H,5-10H2,1-4H3,(H2,15,16,17);1H. The molecule has 0 unspecified atom stereocenters. The Hall–Kier alpha value is -0.530. The smallest absolute Gasteiger partial charge is 0.243 e. The maximum atomic E-state index is 11.6. The Balaban J connectivity index is 0.00000361. The molecule has 6 heteroatoms. The molecular weight excluding hydrogens is 367 g/mol. The van der Waals surface area contributed by atoms with E-state index in [1.54, 1.807) is 19.0 Å². The molecule has 20 heavy (non-hydrogen) atoms. The first-order chi connectivity index (χ1) is 8.99. The van der Waals surface area contributed by atoms with E-state index in [0.717, 1.165) is 5.96 Å². The van der Waals surface area contributed by atoms with Gasteiger partial charge in [0.1, 0.15) is 6.54 Å². The van der Waals surface area contributed by atoms with Crippen LogP contribution in [0.3, 0.4) is 0 Å². The molecule has 0 aromatic heterocycles. The zero-order valence-electron chi connectivity index (χ0n) is 13.1. The van der Waals surface area contributed by atoms with E-state index < -0.39 is 0 Å². The maximum absolute atomic E-state index is 11.6. The van der Waals surface area contributed by atoms with Gasteiger partial charge >= 0.3 is 0 Å². The third-order valence-corrected chi connectivity index (χ3v) is 3.24. The highest BCUT2D eigenvalue weighted by molar-refractivity contribution is 14.0. The van der Waals surface area contributed by atoms with Crippen LogP contribution in [-0.4, -0.2) is 49.5 Å². The van der Waals surface area contributed by atoms with Crippen LogP contribution in [0.5, 0.6) is 0 Å². The monoisotopic (exact) mass is 396 g/mol. The van der Waals surface area contributed by atoms with Gasteiger partial charge in [-0.3, -0.25) is 4.79 Å². The molecule has 1 aliphatic carbocycles. The Morgan fingerprint density at radius 2 is 1.85 bits per heavy atom. The van der Waals surface area contributed by atoms with Gasteiger partial charge in [-0.1, -0.05) is 19.3 Å². The van der Waals surface area contributed by atoms with Crippen LogP contribution in [-0.2, 0) is 4.79 Å². The van der Waals surface area contributed by atoms with Crippen molar-refractivity contribution < 1.29 is 4.79 Å². The molecule has 1 fully saturated rings. The molecule has 1 amide bonds. The highest BCUT2D eigenvalue weighted by atomic mass is 127. The number of carbonyl (C=O) groups is 1. The van der Waals surface area contributed by atoms with E-state index in [4.69, 9.17) is 0 Å². The van der Waals surface area contributed by atoms with Crippen molar-refractivity contribution in [2.24, 2.45) is 4.99 Å². The number of hydrogen-bond donors (Lipinski definition) is 2. The topological polar surface area (TPSA) is 56.7 Å². The fourth-order valence-electron chi connectivity index (χ4n) is 2.13. The van der Waals surface area contributed by atoms with E-state index in [0.29, 0.717) is 12.1 Å². The lowest BCUT2D eigenvalue weighted by atomic mass is 9.96. The van der Waals surface area contributed by atoms with Crippen molar-refractivity contribution in [2.45, 2.75) is 58.0 Å². The minimum absolute atomic E-state index is 0. The molecule has 0 atom stereocenters. The number of nitrogens with zero attached hydrogens (tertiary/aromatic N) is 2. The number of carbonyl (C=O) groups excluding carboxylic acids is 1. The van der Waals surface area contributed by atoms with Crippen LogP contribution in [0.2, 0.25) is 0 Å². The van der Waals surface area contributed by atoms with Crippen LogP contribution in [0, 0.1) is 0 Å². The third-order valence-electron chi connectivity index (χ3n) is 3.24. The fraction of sp³-hybridized carbons (Fsp3) is 0.857. The summed E-state index contributed by atoms with van der Waals surface area (Å²) in [5.41, 5.74) is 0. The van der Waals surface area contributed by atoms with Crippen LogP contribution in [0.25, 0.3) is 0 Å². The first kappa shape index (κ1) is 19.5. The number of amides is 1. The van der Waals surface area contributed by atoms with Crippen LogP contribution >= 0.6 is 24.0 Å². The van der Waals surface area contributed by atoms with Gasteiger partial charge in [0.05, 0.1) is 0 Å². The minimum Gasteiger partial charge on any atom is -0.354 e. The molecule has 0 aromatic rings. The Kier molecular flexibility index (Phi) is 9.96. The molecule has 0 saturated heterocycles. The van der Waals surface area contributed by atoms with E-state index in [-0.39, 0.29) is 36.4 Å². The highest BCUT2D eigenvalue weighted by Crippen LogP contribution is 2.17. The molecule has 1 aliphatic rings. The Bertz CT molecular complexity index is 312. The van der Waals surface area contributed by atoms with Gasteiger partial charge in [0.15, 0.2) is 5.96 Å². The van der Waals surface area contributed by atoms with Crippen LogP contribution in [0.4, 0.5) is 0 Å². The van der Waals surface area contributed by atoms with E-state index >= 15 is 0 Å². The number of rotatable bonds is 4. The number of aliphatic imine (C=N–C) groups is 1. The van der Waals surface area contributed by atoms with Gasteiger partial charge in [0.25, 0.3) is 0 Å². The van der Waals surface area contributed by atoms with Gasteiger partial charge in [-0.05, 0) is 26.7 Å². The number of nitrogens with one attached hydrogen (secondary N) is 2. The maximum Gasteiger partial charge on any atom is 0.243 e. The second kappa shape index (κ2) is 10.2. The lowest BCUT2D eigenvalue weighted by Gasteiger charge is -2.26. The molecule has 0 aliphatic heterocycles. The van der Waals surface area contributed by atoms with Crippen LogP contribution in [0.1, 0.15) is 46.0 Å². The summed E-state index contributed by atoms with van der Waals surface area (Å²) in [6.07, 6.45) is 6.29. The fourth-order valence-corrected chi connectivity index (χ4v) is 2.13. The van der Waals surface area contributed by atoms with E-state index in [2.05, 4.69) is 29.5 Å². The van der Waals surface area contributed by atoms with E-state index in [1.807, 2.05) is 0 Å². The molecule has 5 nitrogen and oxygen atoms in total. The number of halogens is 1. The zero-order valence-corrected chi connectivity index (χ0v) is 15.4. The Morgan fingerprint density at radius 3 is 2.35 bits per heavy atom. The van der Waals surface area contributed by atoms with Crippen LogP contribution < -0.4 is 10.6 Å². The Morgan fingerprint density at radius 1 is 1.25 bits per heavy atom. The molecule has 1 saturated carbocycles. The highest BCUT2D eigenvalue weighted by Gasteiger charge is 2.15. The summed E-state index contributed by atoms with van der Waals surface area (Å²) < 4.78 is 0. The van der Waals surface area contributed by atoms with Crippen molar-refractivity contribution in [2.75, 3.05) is 20.6 Å². The predicted molar refractivity (Wildman–Crippen MR) is 94.7 cm³/mol. The van der Waals surface area contributed by atoms with Gasteiger partial charge in [-0.15, -0.1) is 24.0 Å². The van der Waals surface area contributed by atoms with Gasteiger partial charge in [0.2, 0.25) is 5.91 Å². The summed E-state index contributed by atoms with van der Waals surface area (Å²) in [4.78, 5) is 17.5. The van der Waals surface area contributed by atoms with Crippen LogP contribution in [0.15, 0.2) is 4.99 Å². The van der Waals surface area contributed by atoms with Gasteiger partial charge < -0.3 is 15.5 Å². The summed E-state index contributed by atoms with van der Waals surface area (Å²) >= 11 is 0. The molecule has 0 radical (unpaired) electrons. The predicted octanol–water partition coefficient (Wildman–Crippen LogP) is 1.97. The normalized spacial score (nSPS) is 16.6. The van der Waals surface area contributed by atoms with E-state index in [9.17, 15) is 4.79 Å². The number of likely N-dealkylation sites (N-methyl/N-ethyl adjacent to an activating group) is 1. The molecule has 1 rings (SSSR count). The average molecular weight is 396 g/mol. The van der Waals surface area contributed by atoms with Crippen molar-refractivity contribution in [1.29, 1.82) is 0 Å². The number of guanidine groups is 1.